The van der Waals surface area contributed by atoms with Crippen molar-refractivity contribution in [2.24, 2.45) is 0 Å². The van der Waals surface area contributed by atoms with Gasteiger partial charge in [-0.1, -0.05) is 78.9 Å². The van der Waals surface area contributed by atoms with Crippen molar-refractivity contribution in [2.45, 2.75) is 58.2 Å². The van der Waals surface area contributed by atoms with Crippen LogP contribution in [0.4, 0.5) is 0 Å². The number of hydrogen-bond donors (Lipinski definition) is 1. The second-order valence-corrected chi connectivity index (χ2v) is 9.06. The summed E-state index contributed by atoms with van der Waals surface area (Å²) in [6.45, 7) is 6.03. The lowest BCUT2D eigenvalue weighted by Crippen LogP contribution is -2.36. The molecule has 1 aliphatic heterocycles. The van der Waals surface area contributed by atoms with Crippen LogP contribution in [0, 0.1) is 0 Å². The molecule has 1 N–H and O–H groups in total. The highest BCUT2D eigenvalue weighted by Crippen LogP contribution is 2.20. The quantitative estimate of drug-likeness (QED) is 0.517. The van der Waals surface area contributed by atoms with Gasteiger partial charge in [0.1, 0.15) is 0 Å². The maximum absolute atomic E-state index is 12.8. The Balaban J connectivity index is 1.28. The molecular weight excluding hydrogens is 392 g/mol. The Bertz CT molecular complexity index is 1030. The van der Waals surface area contributed by atoms with E-state index in [1.807, 2.05) is 4.90 Å². The third kappa shape index (κ3) is 5.86. The van der Waals surface area contributed by atoms with Gasteiger partial charge in [-0.15, -0.1) is 0 Å². The van der Waals surface area contributed by atoms with Crippen molar-refractivity contribution in [2.75, 3.05) is 6.54 Å². The summed E-state index contributed by atoms with van der Waals surface area (Å²) >= 11 is 0. The molecule has 4 rings (SSSR count). The van der Waals surface area contributed by atoms with Crippen LogP contribution in [0.15, 0.2) is 78.9 Å². The lowest BCUT2D eigenvalue weighted by atomic mass is 9.98. The van der Waals surface area contributed by atoms with Crippen molar-refractivity contribution in [3.63, 3.8) is 0 Å². The van der Waals surface area contributed by atoms with E-state index in [0.29, 0.717) is 18.5 Å². The minimum absolute atomic E-state index is 0.261. The number of nitrogens with one attached hydrogen (secondary N) is 1. The van der Waals surface area contributed by atoms with Crippen molar-refractivity contribution in [3.8, 4) is 0 Å². The number of hydrogen-bond acceptors (Lipinski definition) is 2. The first-order valence-corrected chi connectivity index (χ1v) is 11.8. The Morgan fingerprint density at radius 2 is 1.62 bits per heavy atom. The molecule has 0 spiro atoms. The minimum Gasteiger partial charge on any atom is -0.338 e. The van der Waals surface area contributed by atoms with Crippen LogP contribution in [0.3, 0.4) is 0 Å². The molecule has 166 valence electrons. The molecular formula is C29H34N2O. The fourth-order valence-electron chi connectivity index (χ4n) is 4.71. The zero-order valence-corrected chi connectivity index (χ0v) is 19.3. The largest absolute Gasteiger partial charge is 0.338 e. The highest BCUT2D eigenvalue weighted by atomic mass is 16.2. The molecule has 32 heavy (non-hydrogen) atoms. The van der Waals surface area contributed by atoms with Crippen LogP contribution >= 0.6 is 0 Å². The average molecular weight is 427 g/mol. The summed E-state index contributed by atoms with van der Waals surface area (Å²) in [5.41, 5.74) is 6.56. The lowest BCUT2D eigenvalue weighted by Gasteiger charge is -2.29. The van der Waals surface area contributed by atoms with Crippen molar-refractivity contribution >= 4 is 5.91 Å². The van der Waals surface area contributed by atoms with Crippen molar-refractivity contribution in [1.29, 1.82) is 0 Å². The predicted octanol–water partition coefficient (Wildman–Crippen LogP) is 5.49. The van der Waals surface area contributed by atoms with E-state index in [-0.39, 0.29) is 5.91 Å². The standard InChI is InChI=1S/C29H34N2O/c1-22(30-23(2)26-11-4-3-5-12-26)19-25-10-8-9-24(20-25)15-16-29(32)31-18-17-27-13-6-7-14-28(27)21-31/h3-14,20,22-23,30H,15-19,21H2,1-2H3/t22-,23-/m1/s1. The number of amides is 1. The van der Waals surface area contributed by atoms with E-state index in [1.165, 1.54) is 27.8 Å². The highest BCUT2D eigenvalue weighted by Gasteiger charge is 2.20. The number of nitrogens with zero attached hydrogens (tertiary/aromatic N) is 1. The summed E-state index contributed by atoms with van der Waals surface area (Å²) in [5.74, 6) is 0.261. The molecule has 1 heterocycles. The molecule has 3 aromatic carbocycles. The van der Waals surface area contributed by atoms with Gasteiger partial charge in [0.2, 0.25) is 5.91 Å². The van der Waals surface area contributed by atoms with Crippen LogP contribution in [0.1, 0.15) is 54.1 Å². The molecule has 0 unspecified atom stereocenters. The lowest BCUT2D eigenvalue weighted by molar-refractivity contribution is -0.132. The Morgan fingerprint density at radius 3 is 2.44 bits per heavy atom. The molecule has 0 fully saturated rings. The van der Waals surface area contributed by atoms with Crippen molar-refractivity contribution in [3.05, 3.63) is 107 Å². The van der Waals surface area contributed by atoms with Crippen molar-refractivity contribution < 1.29 is 4.79 Å². The summed E-state index contributed by atoms with van der Waals surface area (Å²) in [5, 5.41) is 3.70. The molecule has 0 aliphatic carbocycles. The number of carbonyl (C=O) groups is 1. The van der Waals surface area contributed by atoms with Crippen LogP contribution in [-0.4, -0.2) is 23.4 Å². The van der Waals surface area contributed by atoms with E-state index >= 15 is 0 Å². The Morgan fingerprint density at radius 1 is 0.906 bits per heavy atom. The normalized spacial score (nSPS) is 15.1. The number of aryl methyl sites for hydroxylation is 1. The van der Waals surface area contributed by atoms with Gasteiger partial charge in [-0.05, 0) is 60.9 Å². The van der Waals surface area contributed by atoms with Gasteiger partial charge in [0.15, 0.2) is 0 Å². The van der Waals surface area contributed by atoms with Gasteiger partial charge in [-0.2, -0.15) is 0 Å². The molecule has 1 amide bonds. The second-order valence-electron chi connectivity index (χ2n) is 9.06. The number of rotatable bonds is 8. The smallest absolute Gasteiger partial charge is 0.223 e. The first-order valence-electron chi connectivity index (χ1n) is 11.8. The van der Waals surface area contributed by atoms with Gasteiger partial charge in [-0.25, -0.2) is 0 Å². The molecule has 0 saturated carbocycles. The molecule has 3 heteroatoms. The van der Waals surface area contributed by atoms with E-state index in [9.17, 15) is 4.79 Å². The van der Waals surface area contributed by atoms with E-state index in [1.54, 1.807) is 0 Å². The molecule has 1 aliphatic rings. The van der Waals surface area contributed by atoms with Gasteiger partial charge < -0.3 is 10.2 Å². The summed E-state index contributed by atoms with van der Waals surface area (Å²) in [7, 11) is 0. The summed E-state index contributed by atoms with van der Waals surface area (Å²) in [4.78, 5) is 14.8. The van der Waals surface area contributed by atoms with Crippen LogP contribution in [0.25, 0.3) is 0 Å². The van der Waals surface area contributed by atoms with Crippen LogP contribution < -0.4 is 5.32 Å². The minimum atomic E-state index is 0.261. The van der Waals surface area contributed by atoms with Crippen LogP contribution in [0.2, 0.25) is 0 Å². The number of fused-ring (bicyclic) bond motifs is 1. The molecule has 0 saturated heterocycles. The van der Waals surface area contributed by atoms with E-state index in [0.717, 1.165) is 32.4 Å². The second kappa shape index (κ2) is 10.6. The van der Waals surface area contributed by atoms with Gasteiger partial charge >= 0.3 is 0 Å². The first-order chi connectivity index (χ1) is 15.6. The molecule has 0 aromatic heterocycles. The van der Waals surface area contributed by atoms with Crippen LogP contribution in [-0.2, 0) is 30.6 Å². The third-order valence-electron chi connectivity index (χ3n) is 6.48. The topological polar surface area (TPSA) is 32.3 Å². The van der Waals surface area contributed by atoms with Gasteiger partial charge in [0.05, 0.1) is 0 Å². The first kappa shape index (κ1) is 22.3. The molecule has 3 aromatic rings. The SMILES string of the molecule is C[C@H](Cc1cccc(CCC(=O)N2CCc3ccccc3C2)c1)N[C@H](C)c1ccccc1. The molecule has 0 bridgehead atoms. The summed E-state index contributed by atoms with van der Waals surface area (Å²) < 4.78 is 0. The highest BCUT2D eigenvalue weighted by molar-refractivity contribution is 5.76. The summed E-state index contributed by atoms with van der Waals surface area (Å²) in [6, 6.07) is 28.5. The van der Waals surface area contributed by atoms with Gasteiger partial charge in [0, 0.05) is 31.6 Å². The maximum Gasteiger partial charge on any atom is 0.223 e. The summed E-state index contributed by atoms with van der Waals surface area (Å²) in [6.07, 6.45) is 3.31. The fraction of sp³-hybridized carbons (Fsp3) is 0.345. The van der Waals surface area contributed by atoms with Gasteiger partial charge in [-0.3, -0.25) is 4.79 Å². The van der Waals surface area contributed by atoms with Crippen molar-refractivity contribution in [1.82, 2.24) is 10.2 Å². The van der Waals surface area contributed by atoms with E-state index in [2.05, 4.69) is 98.0 Å². The fourth-order valence-corrected chi connectivity index (χ4v) is 4.71. The zero-order chi connectivity index (χ0) is 22.3. The zero-order valence-electron chi connectivity index (χ0n) is 19.3. The Kier molecular flexibility index (Phi) is 7.39. The Labute approximate surface area is 192 Å². The molecule has 2 atom stereocenters. The third-order valence-corrected chi connectivity index (χ3v) is 6.48. The van der Waals surface area contributed by atoms with E-state index in [4.69, 9.17) is 0 Å². The molecule has 0 radical (unpaired) electrons. The number of benzene rings is 3. The monoisotopic (exact) mass is 426 g/mol. The number of carbonyl (C=O) groups excluding carboxylic acids is 1. The maximum atomic E-state index is 12.8. The van der Waals surface area contributed by atoms with Crippen LogP contribution in [0.5, 0.6) is 0 Å². The van der Waals surface area contributed by atoms with E-state index < -0.39 is 0 Å². The Hall–Kier alpha value is -2.91. The van der Waals surface area contributed by atoms with Gasteiger partial charge in [0.25, 0.3) is 0 Å². The average Bonchev–Trinajstić information content (AvgIpc) is 2.83. The molecule has 3 nitrogen and oxygen atoms in total. The predicted molar refractivity (Wildman–Crippen MR) is 131 cm³/mol.